The Kier molecular flexibility index (Phi) is 4.28. The maximum atomic E-state index is 5.49. The molecule has 2 rings (SSSR count). The summed E-state index contributed by atoms with van der Waals surface area (Å²) in [5.74, 6) is 1.64. The zero-order chi connectivity index (χ0) is 12.1. The fraction of sp³-hybridized carbons (Fsp3) is 0.333. The summed E-state index contributed by atoms with van der Waals surface area (Å²) in [6.07, 6.45) is 4.44. The zero-order valence-corrected chi connectivity index (χ0v) is 11.2. The molecular formula is C12H14BrN3O. The predicted octanol–water partition coefficient (Wildman–Crippen LogP) is 2.68. The van der Waals surface area contributed by atoms with E-state index >= 15 is 0 Å². The number of rotatable bonds is 5. The lowest BCUT2D eigenvalue weighted by Crippen LogP contribution is -2.13. The quantitative estimate of drug-likeness (QED) is 0.921. The maximum Gasteiger partial charge on any atom is 0.208 e. The van der Waals surface area contributed by atoms with E-state index in [1.165, 1.54) is 0 Å². The van der Waals surface area contributed by atoms with E-state index in [0.29, 0.717) is 13.1 Å². The summed E-state index contributed by atoms with van der Waals surface area (Å²) in [5, 5.41) is 3.24. The van der Waals surface area contributed by atoms with Crippen molar-refractivity contribution in [3.63, 3.8) is 0 Å². The van der Waals surface area contributed by atoms with Crippen LogP contribution in [-0.4, -0.2) is 9.97 Å². The van der Waals surface area contributed by atoms with Gasteiger partial charge in [0, 0.05) is 23.6 Å². The van der Waals surface area contributed by atoms with Crippen molar-refractivity contribution in [2.75, 3.05) is 0 Å². The Bertz CT molecular complexity index is 467. The van der Waals surface area contributed by atoms with E-state index in [-0.39, 0.29) is 0 Å². The molecule has 1 N–H and O–H groups in total. The summed E-state index contributed by atoms with van der Waals surface area (Å²) in [6.45, 7) is 3.37. The number of pyridine rings is 1. The number of aromatic nitrogens is 2. The Labute approximate surface area is 109 Å². The highest BCUT2D eigenvalue weighted by Gasteiger charge is 2.01. The minimum absolute atomic E-state index is 0.623. The number of aryl methyl sites for hydroxylation is 1. The molecule has 0 aliphatic rings. The first-order valence-corrected chi connectivity index (χ1v) is 6.32. The van der Waals surface area contributed by atoms with Crippen molar-refractivity contribution in [3.8, 4) is 0 Å². The van der Waals surface area contributed by atoms with Gasteiger partial charge >= 0.3 is 0 Å². The lowest BCUT2D eigenvalue weighted by atomic mass is 10.3. The van der Waals surface area contributed by atoms with E-state index in [1.807, 2.05) is 19.1 Å². The molecule has 0 atom stereocenters. The Morgan fingerprint density at radius 3 is 2.76 bits per heavy atom. The van der Waals surface area contributed by atoms with Gasteiger partial charge in [-0.2, -0.15) is 0 Å². The zero-order valence-electron chi connectivity index (χ0n) is 9.61. The van der Waals surface area contributed by atoms with Crippen LogP contribution in [0.15, 0.2) is 33.4 Å². The number of oxazole rings is 1. The molecule has 0 aliphatic heterocycles. The smallest absolute Gasteiger partial charge is 0.208 e. The van der Waals surface area contributed by atoms with Crippen LogP contribution in [0.1, 0.15) is 24.3 Å². The van der Waals surface area contributed by atoms with Gasteiger partial charge in [-0.25, -0.2) is 4.98 Å². The Morgan fingerprint density at radius 1 is 1.24 bits per heavy atom. The molecule has 0 spiro atoms. The van der Waals surface area contributed by atoms with Crippen molar-refractivity contribution >= 4 is 15.9 Å². The SMILES string of the molecule is CCc1cnc(CNCc2ccc(Br)cn2)o1. The average molecular weight is 296 g/mol. The van der Waals surface area contributed by atoms with Crippen LogP contribution in [0.5, 0.6) is 0 Å². The molecule has 17 heavy (non-hydrogen) atoms. The maximum absolute atomic E-state index is 5.49. The molecule has 0 aliphatic carbocycles. The number of halogens is 1. The first-order valence-electron chi connectivity index (χ1n) is 5.52. The predicted molar refractivity (Wildman–Crippen MR) is 68.4 cm³/mol. The van der Waals surface area contributed by atoms with Crippen LogP contribution >= 0.6 is 15.9 Å². The molecule has 0 saturated heterocycles. The highest BCUT2D eigenvalue weighted by molar-refractivity contribution is 9.10. The molecule has 2 aromatic rings. The van der Waals surface area contributed by atoms with Crippen molar-refractivity contribution in [2.24, 2.45) is 0 Å². The van der Waals surface area contributed by atoms with Crippen molar-refractivity contribution < 1.29 is 4.42 Å². The van der Waals surface area contributed by atoms with Crippen LogP contribution in [0, 0.1) is 0 Å². The second kappa shape index (κ2) is 5.93. The molecule has 4 nitrogen and oxygen atoms in total. The summed E-state index contributed by atoms with van der Waals surface area (Å²) in [5.41, 5.74) is 0.996. The molecule has 2 heterocycles. The molecule has 0 unspecified atom stereocenters. The van der Waals surface area contributed by atoms with Crippen LogP contribution in [0.2, 0.25) is 0 Å². The molecule has 0 saturated carbocycles. The molecule has 0 fully saturated rings. The molecule has 0 aromatic carbocycles. The monoisotopic (exact) mass is 295 g/mol. The molecule has 0 amide bonds. The first-order chi connectivity index (χ1) is 8.28. The van der Waals surface area contributed by atoms with Crippen LogP contribution < -0.4 is 5.32 Å². The molecule has 0 bridgehead atoms. The largest absolute Gasteiger partial charge is 0.444 e. The summed E-state index contributed by atoms with van der Waals surface area (Å²) >= 11 is 3.35. The number of nitrogens with zero attached hydrogens (tertiary/aromatic N) is 2. The van der Waals surface area contributed by atoms with Gasteiger partial charge in [-0.05, 0) is 28.1 Å². The van der Waals surface area contributed by atoms with E-state index in [1.54, 1.807) is 12.4 Å². The van der Waals surface area contributed by atoms with Gasteiger partial charge < -0.3 is 9.73 Å². The minimum Gasteiger partial charge on any atom is -0.444 e. The van der Waals surface area contributed by atoms with Crippen molar-refractivity contribution in [1.82, 2.24) is 15.3 Å². The van der Waals surface area contributed by atoms with Gasteiger partial charge in [-0.1, -0.05) is 6.92 Å². The lowest BCUT2D eigenvalue weighted by molar-refractivity contribution is 0.438. The topological polar surface area (TPSA) is 51.0 Å². The van der Waals surface area contributed by atoms with Gasteiger partial charge in [0.2, 0.25) is 5.89 Å². The van der Waals surface area contributed by atoms with E-state index in [2.05, 4.69) is 31.2 Å². The van der Waals surface area contributed by atoms with Gasteiger partial charge in [-0.3, -0.25) is 4.98 Å². The third-order valence-corrected chi connectivity index (χ3v) is 2.79. The Hall–Kier alpha value is -1.20. The lowest BCUT2D eigenvalue weighted by Gasteiger charge is -2.01. The second-order valence-corrected chi connectivity index (χ2v) is 4.56. The molecule has 2 aromatic heterocycles. The van der Waals surface area contributed by atoms with Gasteiger partial charge in [0.15, 0.2) is 0 Å². The standard InChI is InChI=1S/C12H14BrN3O/c1-2-11-7-16-12(17-11)8-14-6-10-4-3-9(13)5-15-10/h3-5,7,14H,2,6,8H2,1H3. The van der Waals surface area contributed by atoms with Crippen molar-refractivity contribution in [3.05, 3.63) is 46.3 Å². The van der Waals surface area contributed by atoms with Crippen molar-refractivity contribution in [1.29, 1.82) is 0 Å². The molecular weight excluding hydrogens is 282 g/mol. The summed E-state index contributed by atoms with van der Waals surface area (Å²) in [7, 11) is 0. The Morgan fingerprint density at radius 2 is 2.12 bits per heavy atom. The minimum atomic E-state index is 0.623. The summed E-state index contributed by atoms with van der Waals surface area (Å²) < 4.78 is 6.48. The van der Waals surface area contributed by atoms with Gasteiger partial charge in [-0.15, -0.1) is 0 Å². The van der Waals surface area contributed by atoms with Crippen LogP contribution in [-0.2, 0) is 19.5 Å². The van der Waals surface area contributed by atoms with E-state index in [4.69, 9.17) is 4.42 Å². The van der Waals surface area contributed by atoms with E-state index in [9.17, 15) is 0 Å². The summed E-state index contributed by atoms with van der Waals surface area (Å²) in [6, 6.07) is 3.95. The molecule has 90 valence electrons. The molecule has 0 radical (unpaired) electrons. The van der Waals surface area contributed by atoms with Crippen LogP contribution in [0.4, 0.5) is 0 Å². The van der Waals surface area contributed by atoms with Gasteiger partial charge in [0.1, 0.15) is 5.76 Å². The van der Waals surface area contributed by atoms with Gasteiger partial charge in [0.25, 0.3) is 0 Å². The molecule has 5 heteroatoms. The number of hydrogen-bond donors (Lipinski definition) is 1. The average Bonchev–Trinajstić information content (AvgIpc) is 2.80. The number of nitrogens with one attached hydrogen (secondary N) is 1. The fourth-order valence-corrected chi connectivity index (χ4v) is 1.64. The fourth-order valence-electron chi connectivity index (χ4n) is 1.40. The highest BCUT2D eigenvalue weighted by atomic mass is 79.9. The van der Waals surface area contributed by atoms with Crippen LogP contribution in [0.25, 0.3) is 0 Å². The second-order valence-electron chi connectivity index (χ2n) is 3.65. The van der Waals surface area contributed by atoms with E-state index in [0.717, 1.165) is 28.2 Å². The Balaban J connectivity index is 1.81. The highest BCUT2D eigenvalue weighted by Crippen LogP contribution is 2.07. The normalized spacial score (nSPS) is 10.7. The number of hydrogen-bond acceptors (Lipinski definition) is 4. The third kappa shape index (κ3) is 3.64. The first kappa shape index (κ1) is 12.3. The summed E-state index contributed by atoms with van der Waals surface area (Å²) in [4.78, 5) is 8.45. The van der Waals surface area contributed by atoms with Crippen LogP contribution in [0.3, 0.4) is 0 Å². The van der Waals surface area contributed by atoms with Gasteiger partial charge in [0.05, 0.1) is 18.4 Å². The van der Waals surface area contributed by atoms with E-state index < -0.39 is 0 Å². The third-order valence-electron chi connectivity index (χ3n) is 2.32. The van der Waals surface area contributed by atoms with Crippen molar-refractivity contribution in [2.45, 2.75) is 26.4 Å².